The fourth-order valence-electron chi connectivity index (χ4n) is 2.38. The van der Waals surface area contributed by atoms with Gasteiger partial charge in [0.05, 0.1) is 6.04 Å². The third-order valence-electron chi connectivity index (χ3n) is 4.06. The summed E-state index contributed by atoms with van der Waals surface area (Å²) in [7, 11) is 2.15. The van der Waals surface area contributed by atoms with Crippen LogP contribution >= 0.6 is 0 Å². The molecule has 0 aromatic carbocycles. The minimum atomic E-state index is -0.0394. The molecule has 1 rings (SSSR count). The van der Waals surface area contributed by atoms with Gasteiger partial charge in [0.15, 0.2) is 0 Å². The van der Waals surface area contributed by atoms with Gasteiger partial charge in [0.1, 0.15) is 0 Å². The van der Waals surface area contributed by atoms with Crippen LogP contribution in [0, 0.1) is 0 Å². The van der Waals surface area contributed by atoms with Crippen molar-refractivity contribution < 1.29 is 4.79 Å². The Morgan fingerprint density at radius 2 is 1.84 bits per heavy atom. The highest BCUT2D eigenvalue weighted by Crippen LogP contribution is 2.09. The number of nitrogens with zero attached hydrogens (tertiary/aromatic N) is 2. The smallest absolute Gasteiger partial charge is 0.239 e. The fraction of sp³-hybridized carbons (Fsp3) is 0.933. The topological polar surface area (TPSA) is 35.6 Å². The molecule has 0 saturated carbocycles. The van der Waals surface area contributed by atoms with E-state index in [1.807, 2.05) is 11.8 Å². The van der Waals surface area contributed by atoms with E-state index in [0.717, 1.165) is 45.4 Å². The molecule has 1 heterocycles. The lowest BCUT2D eigenvalue weighted by Crippen LogP contribution is -2.47. The van der Waals surface area contributed by atoms with Crippen LogP contribution in [0.3, 0.4) is 0 Å². The monoisotopic (exact) mass is 269 g/mol. The molecule has 0 aromatic rings. The first-order chi connectivity index (χ1) is 9.02. The molecule has 1 atom stereocenters. The molecule has 1 N–H and O–H groups in total. The number of rotatable bonds is 7. The van der Waals surface area contributed by atoms with Crippen molar-refractivity contribution in [2.45, 2.75) is 58.5 Å². The Morgan fingerprint density at radius 1 is 1.21 bits per heavy atom. The van der Waals surface area contributed by atoms with Crippen LogP contribution in [0.4, 0.5) is 0 Å². The van der Waals surface area contributed by atoms with E-state index in [4.69, 9.17) is 0 Å². The molecule has 1 amide bonds. The predicted molar refractivity (Wildman–Crippen MR) is 80.3 cm³/mol. The van der Waals surface area contributed by atoms with E-state index in [2.05, 4.69) is 31.1 Å². The molecule has 1 aliphatic heterocycles. The third-order valence-corrected chi connectivity index (χ3v) is 4.06. The van der Waals surface area contributed by atoms with E-state index in [1.54, 1.807) is 0 Å². The van der Waals surface area contributed by atoms with Crippen LogP contribution in [0.15, 0.2) is 0 Å². The zero-order chi connectivity index (χ0) is 14.3. The maximum Gasteiger partial charge on any atom is 0.239 e. The molecule has 0 spiro atoms. The molecule has 1 fully saturated rings. The summed E-state index contributed by atoms with van der Waals surface area (Å²) in [5.41, 5.74) is 0. The van der Waals surface area contributed by atoms with Crippen molar-refractivity contribution in [2.24, 2.45) is 0 Å². The third kappa shape index (κ3) is 5.91. The fourth-order valence-corrected chi connectivity index (χ4v) is 2.38. The Morgan fingerprint density at radius 3 is 2.42 bits per heavy atom. The maximum atomic E-state index is 12.2. The van der Waals surface area contributed by atoms with Crippen molar-refractivity contribution >= 4 is 5.91 Å². The Bertz CT molecular complexity index is 262. The molecular formula is C15H31N3O. The van der Waals surface area contributed by atoms with Crippen molar-refractivity contribution in [3.63, 3.8) is 0 Å². The lowest BCUT2D eigenvalue weighted by Gasteiger charge is -2.29. The molecular weight excluding hydrogens is 238 g/mol. The molecule has 4 nitrogen and oxygen atoms in total. The van der Waals surface area contributed by atoms with Gasteiger partial charge >= 0.3 is 0 Å². The number of piperidine rings is 1. The first kappa shape index (κ1) is 16.4. The molecule has 112 valence electrons. The summed E-state index contributed by atoms with van der Waals surface area (Å²) >= 11 is 0. The zero-order valence-electron chi connectivity index (χ0n) is 13.1. The van der Waals surface area contributed by atoms with Gasteiger partial charge in [-0.15, -0.1) is 0 Å². The van der Waals surface area contributed by atoms with Gasteiger partial charge in [0.2, 0.25) is 5.91 Å². The molecule has 0 radical (unpaired) electrons. The SMILES string of the molecule is CC(NCCCN(C)C(C)C)C(=O)N1CCCCC1. The normalized spacial score (nSPS) is 18.1. The first-order valence-corrected chi connectivity index (χ1v) is 7.74. The van der Waals surface area contributed by atoms with Gasteiger partial charge < -0.3 is 15.1 Å². The number of likely N-dealkylation sites (tertiary alicyclic amines) is 1. The standard InChI is InChI=1S/C15H31N3O/c1-13(2)17(4)10-8-9-16-14(3)15(19)18-11-6-5-7-12-18/h13-14,16H,5-12H2,1-4H3. The van der Waals surface area contributed by atoms with Crippen LogP contribution in [-0.4, -0.2) is 61.0 Å². The summed E-state index contributed by atoms with van der Waals surface area (Å²) in [6.45, 7) is 10.3. The molecule has 19 heavy (non-hydrogen) atoms. The Kier molecular flexibility index (Phi) is 7.39. The molecule has 0 bridgehead atoms. The molecule has 0 aromatic heterocycles. The van der Waals surface area contributed by atoms with Gasteiger partial charge in [-0.25, -0.2) is 0 Å². The average molecular weight is 269 g/mol. The van der Waals surface area contributed by atoms with Crippen LogP contribution in [0.5, 0.6) is 0 Å². The summed E-state index contributed by atoms with van der Waals surface area (Å²) in [6.07, 6.45) is 4.69. The summed E-state index contributed by atoms with van der Waals surface area (Å²) < 4.78 is 0. The minimum absolute atomic E-state index is 0.0394. The van der Waals surface area contributed by atoms with Gasteiger partial charge in [-0.3, -0.25) is 4.79 Å². The molecule has 1 unspecified atom stereocenters. The summed E-state index contributed by atoms with van der Waals surface area (Å²) in [5.74, 6) is 0.275. The number of hydrogen-bond acceptors (Lipinski definition) is 3. The summed E-state index contributed by atoms with van der Waals surface area (Å²) in [6, 6.07) is 0.551. The van der Waals surface area contributed by atoms with Gasteiger partial charge in [0.25, 0.3) is 0 Å². The van der Waals surface area contributed by atoms with Gasteiger partial charge in [0, 0.05) is 19.1 Å². The second-order valence-electron chi connectivity index (χ2n) is 5.99. The second-order valence-corrected chi connectivity index (χ2v) is 5.99. The number of carbonyl (C=O) groups is 1. The Balaban J connectivity index is 2.16. The van der Waals surface area contributed by atoms with Crippen molar-refractivity contribution in [3.05, 3.63) is 0 Å². The zero-order valence-corrected chi connectivity index (χ0v) is 13.1. The first-order valence-electron chi connectivity index (χ1n) is 7.74. The predicted octanol–water partition coefficient (Wildman–Crippen LogP) is 1.71. The van der Waals surface area contributed by atoms with E-state index in [1.165, 1.54) is 6.42 Å². The van der Waals surface area contributed by atoms with Crippen LogP contribution in [0.25, 0.3) is 0 Å². The second kappa shape index (κ2) is 8.54. The van der Waals surface area contributed by atoms with E-state index in [0.29, 0.717) is 6.04 Å². The van der Waals surface area contributed by atoms with Crippen LogP contribution in [0.2, 0.25) is 0 Å². The van der Waals surface area contributed by atoms with E-state index in [-0.39, 0.29) is 11.9 Å². The van der Waals surface area contributed by atoms with Gasteiger partial charge in [-0.1, -0.05) is 0 Å². The highest BCUT2D eigenvalue weighted by atomic mass is 16.2. The lowest BCUT2D eigenvalue weighted by molar-refractivity contribution is -0.133. The Hall–Kier alpha value is -0.610. The van der Waals surface area contributed by atoms with Crippen molar-refractivity contribution in [1.82, 2.24) is 15.1 Å². The van der Waals surface area contributed by atoms with Crippen molar-refractivity contribution in [1.29, 1.82) is 0 Å². The van der Waals surface area contributed by atoms with Crippen molar-refractivity contribution in [3.8, 4) is 0 Å². The summed E-state index contributed by atoms with van der Waals surface area (Å²) in [4.78, 5) is 16.5. The number of amides is 1. The average Bonchev–Trinajstić information content (AvgIpc) is 2.43. The summed E-state index contributed by atoms with van der Waals surface area (Å²) in [5, 5.41) is 3.36. The maximum absolute atomic E-state index is 12.2. The van der Waals surface area contributed by atoms with E-state index < -0.39 is 0 Å². The van der Waals surface area contributed by atoms with E-state index >= 15 is 0 Å². The molecule has 4 heteroatoms. The van der Waals surface area contributed by atoms with Crippen LogP contribution in [-0.2, 0) is 4.79 Å². The molecule has 0 aliphatic carbocycles. The molecule has 1 saturated heterocycles. The quantitative estimate of drug-likeness (QED) is 0.715. The highest BCUT2D eigenvalue weighted by molar-refractivity contribution is 5.81. The number of carbonyl (C=O) groups excluding carboxylic acids is 1. The van der Waals surface area contributed by atoms with Crippen LogP contribution in [0.1, 0.15) is 46.5 Å². The Labute approximate surface area is 118 Å². The lowest BCUT2D eigenvalue weighted by atomic mass is 10.1. The number of nitrogens with one attached hydrogen (secondary N) is 1. The minimum Gasteiger partial charge on any atom is -0.341 e. The van der Waals surface area contributed by atoms with Gasteiger partial charge in [-0.05, 0) is 66.6 Å². The van der Waals surface area contributed by atoms with Crippen LogP contribution < -0.4 is 5.32 Å². The largest absolute Gasteiger partial charge is 0.341 e. The van der Waals surface area contributed by atoms with E-state index in [9.17, 15) is 4.79 Å². The van der Waals surface area contributed by atoms with Gasteiger partial charge in [-0.2, -0.15) is 0 Å². The highest BCUT2D eigenvalue weighted by Gasteiger charge is 2.21. The molecule has 1 aliphatic rings. The number of hydrogen-bond donors (Lipinski definition) is 1. The van der Waals surface area contributed by atoms with Crippen molar-refractivity contribution in [2.75, 3.05) is 33.2 Å².